The quantitative estimate of drug-likeness (QED) is 0.630. The minimum atomic E-state index is 0.402. The van der Waals surface area contributed by atoms with Gasteiger partial charge in [-0.15, -0.1) is 6.58 Å². The summed E-state index contributed by atoms with van der Waals surface area (Å²) in [6.07, 6.45) is 3.18. The molecule has 0 aliphatic heterocycles. The molecule has 0 aromatic carbocycles. The topological polar surface area (TPSA) is 15.3 Å². The van der Waals surface area contributed by atoms with Gasteiger partial charge in [-0.25, -0.2) is 0 Å². The Bertz CT molecular complexity index is 142. The Balaban J connectivity index is 4.02. The van der Waals surface area contributed by atoms with E-state index in [0.717, 1.165) is 12.5 Å². The van der Waals surface area contributed by atoms with E-state index in [0.29, 0.717) is 12.1 Å². The van der Waals surface area contributed by atoms with E-state index in [1.807, 2.05) is 6.08 Å². The van der Waals surface area contributed by atoms with Crippen molar-refractivity contribution < 1.29 is 0 Å². The first-order valence-corrected chi connectivity index (χ1v) is 5.49. The van der Waals surface area contributed by atoms with Gasteiger partial charge in [-0.1, -0.05) is 19.9 Å². The van der Waals surface area contributed by atoms with Crippen molar-refractivity contribution in [1.29, 1.82) is 0 Å². The lowest BCUT2D eigenvalue weighted by Crippen LogP contribution is -2.42. The fourth-order valence-corrected chi connectivity index (χ4v) is 1.64. The average molecular weight is 198 g/mol. The molecule has 0 fully saturated rings. The number of nitrogens with zero attached hydrogens (tertiary/aromatic N) is 1. The molecule has 0 rings (SSSR count). The summed E-state index contributed by atoms with van der Waals surface area (Å²) in [4.78, 5) is 2.23. The number of likely N-dealkylation sites (N-methyl/N-ethyl adjacent to an activating group) is 1. The van der Waals surface area contributed by atoms with E-state index in [4.69, 9.17) is 0 Å². The molecule has 0 aliphatic rings. The second-order valence-electron chi connectivity index (χ2n) is 4.78. The standard InChI is InChI=1S/C12H26N2/c1-7-11(4)13-12(8-10(2)3)9-14(5)6/h7,10-13H,1,8-9H2,2-6H3. The molecule has 0 aromatic heterocycles. The zero-order valence-corrected chi connectivity index (χ0v) is 10.4. The zero-order chi connectivity index (χ0) is 11.1. The smallest absolute Gasteiger partial charge is 0.0222 e. The van der Waals surface area contributed by atoms with Crippen molar-refractivity contribution in [1.82, 2.24) is 10.2 Å². The first-order valence-electron chi connectivity index (χ1n) is 5.49. The van der Waals surface area contributed by atoms with E-state index in [1.54, 1.807) is 0 Å². The van der Waals surface area contributed by atoms with Gasteiger partial charge in [-0.3, -0.25) is 0 Å². The van der Waals surface area contributed by atoms with Gasteiger partial charge >= 0.3 is 0 Å². The maximum absolute atomic E-state index is 3.80. The number of hydrogen-bond acceptors (Lipinski definition) is 2. The zero-order valence-electron chi connectivity index (χ0n) is 10.4. The summed E-state index contributed by atoms with van der Waals surface area (Å²) in [5.41, 5.74) is 0. The van der Waals surface area contributed by atoms with E-state index in [-0.39, 0.29) is 0 Å². The number of nitrogens with one attached hydrogen (secondary N) is 1. The summed E-state index contributed by atoms with van der Waals surface area (Å²) >= 11 is 0. The lowest BCUT2D eigenvalue weighted by molar-refractivity contribution is 0.299. The Hall–Kier alpha value is -0.340. The molecule has 0 bridgehead atoms. The number of rotatable bonds is 7. The molecule has 2 heteroatoms. The van der Waals surface area contributed by atoms with Crippen molar-refractivity contribution in [2.75, 3.05) is 20.6 Å². The highest BCUT2D eigenvalue weighted by molar-refractivity contribution is 4.85. The Morgan fingerprint density at radius 2 is 1.86 bits per heavy atom. The van der Waals surface area contributed by atoms with Gasteiger partial charge in [-0.05, 0) is 33.4 Å². The summed E-state index contributed by atoms with van der Waals surface area (Å²) in [6, 6.07) is 0.969. The highest BCUT2D eigenvalue weighted by Crippen LogP contribution is 2.06. The molecule has 1 N–H and O–H groups in total. The molecule has 0 aliphatic carbocycles. The van der Waals surface area contributed by atoms with Crippen molar-refractivity contribution in [3.8, 4) is 0 Å². The van der Waals surface area contributed by atoms with E-state index in [9.17, 15) is 0 Å². The Morgan fingerprint density at radius 1 is 1.29 bits per heavy atom. The van der Waals surface area contributed by atoms with Crippen LogP contribution in [0.25, 0.3) is 0 Å². The molecular weight excluding hydrogens is 172 g/mol. The third-order valence-corrected chi connectivity index (χ3v) is 2.19. The lowest BCUT2D eigenvalue weighted by atomic mass is 10.0. The van der Waals surface area contributed by atoms with E-state index >= 15 is 0 Å². The third kappa shape index (κ3) is 7.10. The van der Waals surface area contributed by atoms with Crippen molar-refractivity contribution >= 4 is 0 Å². The summed E-state index contributed by atoms with van der Waals surface area (Å²) < 4.78 is 0. The Labute approximate surface area is 89.4 Å². The van der Waals surface area contributed by atoms with Gasteiger partial charge in [-0.2, -0.15) is 0 Å². The van der Waals surface area contributed by atoms with E-state index in [2.05, 4.69) is 51.7 Å². The molecule has 2 atom stereocenters. The van der Waals surface area contributed by atoms with E-state index < -0.39 is 0 Å². The first kappa shape index (κ1) is 13.7. The highest BCUT2D eigenvalue weighted by atomic mass is 15.1. The SMILES string of the molecule is C=CC(C)NC(CC(C)C)CN(C)C. The monoisotopic (exact) mass is 198 g/mol. The summed E-state index contributed by atoms with van der Waals surface area (Å²) in [5.74, 6) is 0.740. The van der Waals surface area contributed by atoms with Crippen LogP contribution in [-0.4, -0.2) is 37.6 Å². The van der Waals surface area contributed by atoms with Crippen molar-refractivity contribution in [3.63, 3.8) is 0 Å². The van der Waals surface area contributed by atoms with Crippen molar-refractivity contribution in [2.45, 2.75) is 39.3 Å². The van der Waals surface area contributed by atoms with Gasteiger partial charge in [0, 0.05) is 18.6 Å². The summed E-state index contributed by atoms with van der Waals surface area (Å²) in [5, 5.41) is 3.57. The fourth-order valence-electron chi connectivity index (χ4n) is 1.64. The van der Waals surface area contributed by atoms with Crippen LogP contribution in [0.4, 0.5) is 0 Å². The third-order valence-electron chi connectivity index (χ3n) is 2.19. The van der Waals surface area contributed by atoms with Crippen LogP contribution in [-0.2, 0) is 0 Å². The molecule has 0 amide bonds. The molecule has 0 aromatic rings. The van der Waals surface area contributed by atoms with Crippen molar-refractivity contribution in [3.05, 3.63) is 12.7 Å². The van der Waals surface area contributed by atoms with Gasteiger partial charge in [0.2, 0.25) is 0 Å². The molecular formula is C12H26N2. The van der Waals surface area contributed by atoms with Gasteiger partial charge in [0.15, 0.2) is 0 Å². The fraction of sp³-hybridized carbons (Fsp3) is 0.833. The second kappa shape index (κ2) is 7.02. The minimum absolute atomic E-state index is 0.402. The molecule has 84 valence electrons. The maximum atomic E-state index is 3.80. The Kier molecular flexibility index (Phi) is 6.85. The maximum Gasteiger partial charge on any atom is 0.0222 e. The molecule has 14 heavy (non-hydrogen) atoms. The van der Waals surface area contributed by atoms with Crippen LogP contribution in [0.1, 0.15) is 27.2 Å². The minimum Gasteiger partial charge on any atom is -0.308 e. The molecule has 2 unspecified atom stereocenters. The van der Waals surface area contributed by atoms with Crippen LogP contribution in [0, 0.1) is 5.92 Å². The van der Waals surface area contributed by atoms with Crippen LogP contribution in [0.2, 0.25) is 0 Å². The van der Waals surface area contributed by atoms with Gasteiger partial charge in [0.25, 0.3) is 0 Å². The predicted octanol–water partition coefficient (Wildman–Crippen LogP) is 2.13. The van der Waals surface area contributed by atoms with Crippen LogP contribution < -0.4 is 5.32 Å². The normalized spacial score (nSPS) is 15.9. The highest BCUT2D eigenvalue weighted by Gasteiger charge is 2.12. The number of hydrogen-bond donors (Lipinski definition) is 1. The molecule has 0 spiro atoms. The van der Waals surface area contributed by atoms with Crippen molar-refractivity contribution in [2.24, 2.45) is 5.92 Å². The van der Waals surface area contributed by atoms with Gasteiger partial charge in [0.05, 0.1) is 0 Å². The molecule has 0 heterocycles. The molecule has 0 radical (unpaired) electrons. The predicted molar refractivity (Wildman–Crippen MR) is 64.6 cm³/mol. The van der Waals surface area contributed by atoms with Crippen LogP contribution in [0.3, 0.4) is 0 Å². The van der Waals surface area contributed by atoms with Gasteiger partial charge < -0.3 is 10.2 Å². The summed E-state index contributed by atoms with van der Waals surface area (Å²) in [7, 11) is 4.24. The average Bonchev–Trinajstić information content (AvgIpc) is 2.01. The molecule has 0 saturated heterocycles. The Morgan fingerprint density at radius 3 is 2.21 bits per heavy atom. The second-order valence-corrected chi connectivity index (χ2v) is 4.78. The lowest BCUT2D eigenvalue weighted by Gasteiger charge is -2.26. The van der Waals surface area contributed by atoms with Crippen LogP contribution in [0.5, 0.6) is 0 Å². The van der Waals surface area contributed by atoms with Crippen LogP contribution in [0.15, 0.2) is 12.7 Å². The summed E-state index contributed by atoms with van der Waals surface area (Å²) in [6.45, 7) is 11.6. The molecule has 0 saturated carbocycles. The molecule has 2 nitrogen and oxygen atoms in total. The van der Waals surface area contributed by atoms with Gasteiger partial charge in [0.1, 0.15) is 0 Å². The largest absolute Gasteiger partial charge is 0.308 e. The first-order chi connectivity index (χ1) is 6.45. The van der Waals surface area contributed by atoms with E-state index in [1.165, 1.54) is 6.42 Å². The van der Waals surface area contributed by atoms with Crippen LogP contribution >= 0.6 is 0 Å².